The number of morpholine rings is 1. The second-order valence-electron chi connectivity index (χ2n) is 5.21. The molecule has 1 aromatic rings. The maximum Gasteiger partial charge on any atom is 0.124 e. The van der Waals surface area contributed by atoms with Crippen molar-refractivity contribution < 1.29 is 9.47 Å². The molecule has 20 heavy (non-hydrogen) atoms. The van der Waals surface area contributed by atoms with Crippen LogP contribution in [0, 0.1) is 0 Å². The van der Waals surface area contributed by atoms with Gasteiger partial charge in [-0.1, -0.05) is 30.9 Å². The second-order valence-corrected chi connectivity index (χ2v) is 5.21. The Morgan fingerprint density at radius 3 is 3.10 bits per heavy atom. The van der Waals surface area contributed by atoms with E-state index >= 15 is 0 Å². The summed E-state index contributed by atoms with van der Waals surface area (Å²) >= 11 is 0. The van der Waals surface area contributed by atoms with E-state index in [1.807, 2.05) is 25.1 Å². The lowest BCUT2D eigenvalue weighted by molar-refractivity contribution is -0.0405. The number of nitrogens with two attached hydrogens (primary N) is 1. The number of ether oxygens (including phenoxy) is 2. The topological polar surface area (TPSA) is 47.7 Å². The third kappa shape index (κ3) is 4.07. The Morgan fingerprint density at radius 2 is 2.35 bits per heavy atom. The molecular weight excluding hydrogens is 252 g/mol. The average Bonchev–Trinajstić information content (AvgIpc) is 2.46. The highest BCUT2D eigenvalue weighted by Gasteiger charge is 2.23. The van der Waals surface area contributed by atoms with E-state index in [2.05, 4.69) is 17.5 Å². The Labute approximate surface area is 121 Å². The van der Waals surface area contributed by atoms with Gasteiger partial charge in [0.05, 0.1) is 12.7 Å². The molecule has 0 spiro atoms. The quantitative estimate of drug-likeness (QED) is 0.805. The first-order valence-corrected chi connectivity index (χ1v) is 7.12. The van der Waals surface area contributed by atoms with Crippen LogP contribution in [-0.4, -0.2) is 43.3 Å². The minimum absolute atomic E-state index is 0.0602. The lowest BCUT2D eigenvalue weighted by Crippen LogP contribution is -2.49. The number of benzene rings is 1. The number of para-hydroxylation sites is 1. The van der Waals surface area contributed by atoms with Gasteiger partial charge in [-0.15, -0.1) is 0 Å². The first kappa shape index (κ1) is 15.0. The molecule has 0 aliphatic carbocycles. The molecule has 1 aromatic carbocycles. The number of rotatable bonds is 6. The minimum Gasteiger partial charge on any atom is -0.489 e. The van der Waals surface area contributed by atoms with E-state index in [0.717, 1.165) is 32.0 Å². The highest BCUT2D eigenvalue weighted by molar-refractivity contribution is 5.33. The van der Waals surface area contributed by atoms with E-state index in [0.29, 0.717) is 6.61 Å². The molecule has 0 saturated carbocycles. The molecule has 2 atom stereocenters. The first-order valence-electron chi connectivity index (χ1n) is 7.12. The number of hydrogen-bond acceptors (Lipinski definition) is 4. The van der Waals surface area contributed by atoms with Crippen molar-refractivity contribution in [3.05, 3.63) is 42.5 Å². The smallest absolute Gasteiger partial charge is 0.124 e. The molecule has 0 amide bonds. The predicted molar refractivity (Wildman–Crippen MR) is 80.8 cm³/mol. The SMILES string of the molecule is C=CCOc1ccccc1CN1CCO[C@@H]([C@@H](C)N)C1. The average molecular weight is 276 g/mol. The van der Waals surface area contributed by atoms with Gasteiger partial charge < -0.3 is 15.2 Å². The summed E-state index contributed by atoms with van der Waals surface area (Å²) in [6.07, 6.45) is 1.88. The fourth-order valence-corrected chi connectivity index (χ4v) is 2.36. The van der Waals surface area contributed by atoms with Crippen molar-refractivity contribution in [2.45, 2.75) is 25.6 Å². The van der Waals surface area contributed by atoms with Gasteiger partial charge in [-0.2, -0.15) is 0 Å². The van der Waals surface area contributed by atoms with Crippen molar-refractivity contribution in [3.63, 3.8) is 0 Å². The summed E-state index contributed by atoms with van der Waals surface area (Å²) in [5.41, 5.74) is 7.13. The van der Waals surface area contributed by atoms with Crippen molar-refractivity contribution in [2.75, 3.05) is 26.3 Å². The molecule has 0 aromatic heterocycles. The van der Waals surface area contributed by atoms with E-state index in [-0.39, 0.29) is 12.1 Å². The van der Waals surface area contributed by atoms with Crippen LogP contribution in [0.2, 0.25) is 0 Å². The molecule has 4 nitrogen and oxygen atoms in total. The summed E-state index contributed by atoms with van der Waals surface area (Å²) < 4.78 is 11.4. The Hall–Kier alpha value is -1.36. The molecule has 0 unspecified atom stereocenters. The van der Waals surface area contributed by atoms with E-state index in [4.69, 9.17) is 15.2 Å². The third-order valence-electron chi connectivity index (χ3n) is 3.49. The van der Waals surface area contributed by atoms with E-state index in [9.17, 15) is 0 Å². The molecule has 1 saturated heterocycles. The molecule has 1 aliphatic rings. The Balaban J connectivity index is 2.00. The molecule has 110 valence electrons. The molecule has 2 N–H and O–H groups in total. The van der Waals surface area contributed by atoms with Crippen LogP contribution >= 0.6 is 0 Å². The zero-order chi connectivity index (χ0) is 14.4. The fourth-order valence-electron chi connectivity index (χ4n) is 2.36. The van der Waals surface area contributed by atoms with Crippen LogP contribution < -0.4 is 10.5 Å². The van der Waals surface area contributed by atoms with Crippen LogP contribution in [0.1, 0.15) is 12.5 Å². The molecule has 4 heteroatoms. The number of nitrogens with zero attached hydrogens (tertiary/aromatic N) is 1. The minimum atomic E-state index is 0.0602. The summed E-state index contributed by atoms with van der Waals surface area (Å²) in [6.45, 7) is 9.61. The van der Waals surface area contributed by atoms with Gasteiger partial charge in [0.2, 0.25) is 0 Å². The van der Waals surface area contributed by atoms with E-state index < -0.39 is 0 Å². The van der Waals surface area contributed by atoms with Crippen LogP contribution in [-0.2, 0) is 11.3 Å². The zero-order valence-electron chi connectivity index (χ0n) is 12.1. The van der Waals surface area contributed by atoms with Gasteiger partial charge in [-0.05, 0) is 13.0 Å². The van der Waals surface area contributed by atoms with Crippen LogP contribution in [0.15, 0.2) is 36.9 Å². The van der Waals surface area contributed by atoms with Gasteiger partial charge in [0.15, 0.2) is 0 Å². The summed E-state index contributed by atoms with van der Waals surface area (Å²) in [6, 6.07) is 8.20. The zero-order valence-corrected chi connectivity index (χ0v) is 12.1. The molecule has 0 bridgehead atoms. The van der Waals surface area contributed by atoms with Crippen LogP contribution in [0.5, 0.6) is 5.75 Å². The monoisotopic (exact) mass is 276 g/mol. The molecule has 2 rings (SSSR count). The van der Waals surface area contributed by atoms with E-state index in [1.54, 1.807) is 6.08 Å². The van der Waals surface area contributed by atoms with Gasteiger partial charge in [-0.3, -0.25) is 4.90 Å². The van der Waals surface area contributed by atoms with Gasteiger partial charge in [0.25, 0.3) is 0 Å². The molecule has 1 heterocycles. The summed E-state index contributed by atoms with van der Waals surface area (Å²) in [7, 11) is 0. The van der Waals surface area contributed by atoms with Crippen molar-refractivity contribution >= 4 is 0 Å². The van der Waals surface area contributed by atoms with Gasteiger partial charge in [0.1, 0.15) is 12.4 Å². The van der Waals surface area contributed by atoms with Gasteiger partial charge >= 0.3 is 0 Å². The maximum absolute atomic E-state index is 5.93. The Kier molecular flexibility index (Phi) is 5.59. The van der Waals surface area contributed by atoms with Crippen molar-refractivity contribution in [1.29, 1.82) is 0 Å². The molecule has 0 radical (unpaired) electrons. The normalized spacial score (nSPS) is 21.4. The van der Waals surface area contributed by atoms with Crippen molar-refractivity contribution in [1.82, 2.24) is 4.90 Å². The van der Waals surface area contributed by atoms with Crippen LogP contribution in [0.4, 0.5) is 0 Å². The summed E-state index contributed by atoms with van der Waals surface area (Å²) in [5, 5.41) is 0. The maximum atomic E-state index is 5.93. The Bertz CT molecular complexity index is 434. The van der Waals surface area contributed by atoms with Crippen molar-refractivity contribution in [3.8, 4) is 5.75 Å². The molecule has 1 aliphatic heterocycles. The largest absolute Gasteiger partial charge is 0.489 e. The van der Waals surface area contributed by atoms with Crippen molar-refractivity contribution in [2.24, 2.45) is 5.73 Å². The highest BCUT2D eigenvalue weighted by atomic mass is 16.5. The third-order valence-corrected chi connectivity index (χ3v) is 3.49. The summed E-state index contributed by atoms with van der Waals surface area (Å²) in [5.74, 6) is 0.927. The second kappa shape index (κ2) is 7.43. The summed E-state index contributed by atoms with van der Waals surface area (Å²) in [4.78, 5) is 2.37. The van der Waals surface area contributed by atoms with Crippen LogP contribution in [0.3, 0.4) is 0 Å². The molecular formula is C16H24N2O2. The fraction of sp³-hybridized carbons (Fsp3) is 0.500. The van der Waals surface area contributed by atoms with E-state index in [1.165, 1.54) is 5.56 Å². The number of hydrogen-bond donors (Lipinski definition) is 1. The van der Waals surface area contributed by atoms with Gasteiger partial charge in [-0.25, -0.2) is 0 Å². The standard InChI is InChI=1S/C16H24N2O2/c1-3-9-19-15-7-5-4-6-14(15)11-18-8-10-20-16(12-18)13(2)17/h3-7,13,16H,1,8-12,17H2,2H3/t13-,16-/m1/s1. The highest BCUT2D eigenvalue weighted by Crippen LogP contribution is 2.21. The van der Waals surface area contributed by atoms with Crippen LogP contribution in [0.25, 0.3) is 0 Å². The predicted octanol–water partition coefficient (Wildman–Crippen LogP) is 1.80. The Morgan fingerprint density at radius 1 is 1.55 bits per heavy atom. The molecule has 1 fully saturated rings. The lowest BCUT2D eigenvalue weighted by Gasteiger charge is -2.35. The lowest BCUT2D eigenvalue weighted by atomic mass is 10.1. The van der Waals surface area contributed by atoms with Gasteiger partial charge in [0, 0.05) is 31.2 Å². The first-order chi connectivity index (χ1) is 9.70.